The van der Waals surface area contributed by atoms with Crippen molar-refractivity contribution in [3.63, 3.8) is 0 Å². The van der Waals surface area contributed by atoms with Crippen molar-refractivity contribution in [1.82, 2.24) is 0 Å². The van der Waals surface area contributed by atoms with Gasteiger partial charge in [-0.15, -0.1) is 0 Å². The van der Waals surface area contributed by atoms with E-state index in [1.54, 1.807) is 0 Å². The van der Waals surface area contributed by atoms with Crippen molar-refractivity contribution in [1.29, 1.82) is 0 Å². The van der Waals surface area contributed by atoms with Crippen molar-refractivity contribution >= 4 is 22.6 Å². The summed E-state index contributed by atoms with van der Waals surface area (Å²) in [6.45, 7) is 4.48. The molecule has 100 valence electrons. The van der Waals surface area contributed by atoms with Crippen LogP contribution in [0.15, 0.2) is 48.5 Å². The van der Waals surface area contributed by atoms with Crippen LogP contribution in [0.25, 0.3) is 0 Å². The first-order valence-electron chi connectivity index (χ1n) is 6.66. The minimum absolute atomic E-state index is 0.0391. The van der Waals surface area contributed by atoms with Crippen LogP contribution < -0.4 is 5.73 Å². The maximum atomic E-state index is 6.33. The molecule has 0 radical (unpaired) electrons. The minimum Gasteiger partial charge on any atom is -0.320 e. The predicted molar refractivity (Wildman–Crippen MR) is 90.2 cm³/mol. The van der Waals surface area contributed by atoms with E-state index < -0.39 is 0 Å². The second-order valence-electron chi connectivity index (χ2n) is 5.37. The summed E-state index contributed by atoms with van der Waals surface area (Å²) in [6, 6.07) is 17.0. The van der Waals surface area contributed by atoms with E-state index in [1.807, 2.05) is 0 Å². The Morgan fingerprint density at radius 1 is 1.00 bits per heavy atom. The second-order valence-corrected chi connectivity index (χ2v) is 6.62. The first-order chi connectivity index (χ1) is 9.06. The van der Waals surface area contributed by atoms with Gasteiger partial charge in [0.2, 0.25) is 0 Å². The molecule has 19 heavy (non-hydrogen) atoms. The molecule has 0 aliphatic carbocycles. The van der Waals surface area contributed by atoms with E-state index in [0.29, 0.717) is 5.92 Å². The van der Waals surface area contributed by atoms with Gasteiger partial charge in [-0.25, -0.2) is 0 Å². The summed E-state index contributed by atoms with van der Waals surface area (Å²) in [7, 11) is 0. The molecule has 0 fully saturated rings. The molecule has 0 heterocycles. The standard InChI is InChI=1S/C17H20IN/c1-12(2)10-13-6-8-14(9-7-13)17(19)15-4-3-5-16(18)11-15/h3-9,11-12,17H,10,19H2,1-2H3. The van der Waals surface area contributed by atoms with Crippen LogP contribution in [-0.4, -0.2) is 0 Å². The summed E-state index contributed by atoms with van der Waals surface area (Å²) in [4.78, 5) is 0. The highest BCUT2D eigenvalue weighted by atomic mass is 127. The van der Waals surface area contributed by atoms with Gasteiger partial charge in [-0.05, 0) is 63.8 Å². The van der Waals surface area contributed by atoms with Crippen LogP contribution in [0.5, 0.6) is 0 Å². The Hall–Kier alpha value is -0.870. The normalized spacial score (nSPS) is 12.7. The number of rotatable bonds is 4. The Bertz CT molecular complexity index is 531. The molecule has 0 amide bonds. The van der Waals surface area contributed by atoms with Gasteiger partial charge in [-0.2, -0.15) is 0 Å². The van der Waals surface area contributed by atoms with Crippen LogP contribution >= 0.6 is 22.6 Å². The fraction of sp³-hybridized carbons (Fsp3) is 0.294. The molecule has 0 saturated carbocycles. The van der Waals surface area contributed by atoms with Crippen LogP contribution in [0.4, 0.5) is 0 Å². The molecule has 0 bridgehead atoms. The van der Waals surface area contributed by atoms with Crippen LogP contribution in [0.2, 0.25) is 0 Å². The molecule has 0 aromatic heterocycles. The van der Waals surface area contributed by atoms with Crippen molar-refractivity contribution in [3.05, 3.63) is 68.8 Å². The van der Waals surface area contributed by atoms with Gasteiger partial charge >= 0.3 is 0 Å². The summed E-state index contributed by atoms with van der Waals surface area (Å²) >= 11 is 2.32. The molecule has 2 aromatic rings. The minimum atomic E-state index is -0.0391. The molecule has 1 unspecified atom stereocenters. The van der Waals surface area contributed by atoms with Gasteiger partial charge in [-0.3, -0.25) is 0 Å². The van der Waals surface area contributed by atoms with E-state index in [4.69, 9.17) is 5.73 Å². The third-order valence-corrected chi connectivity index (χ3v) is 3.86. The highest BCUT2D eigenvalue weighted by Crippen LogP contribution is 2.22. The smallest absolute Gasteiger partial charge is 0.0552 e. The monoisotopic (exact) mass is 365 g/mol. The van der Waals surface area contributed by atoms with Crippen LogP contribution in [0.3, 0.4) is 0 Å². The Balaban J connectivity index is 2.17. The van der Waals surface area contributed by atoms with Crippen molar-refractivity contribution in [2.75, 3.05) is 0 Å². The zero-order valence-electron chi connectivity index (χ0n) is 11.4. The van der Waals surface area contributed by atoms with Gasteiger partial charge in [-0.1, -0.05) is 50.2 Å². The summed E-state index contributed by atoms with van der Waals surface area (Å²) in [5.74, 6) is 0.690. The van der Waals surface area contributed by atoms with E-state index in [0.717, 1.165) is 6.42 Å². The van der Waals surface area contributed by atoms with E-state index in [9.17, 15) is 0 Å². The van der Waals surface area contributed by atoms with Crippen LogP contribution in [0.1, 0.15) is 36.6 Å². The number of hydrogen-bond donors (Lipinski definition) is 1. The van der Waals surface area contributed by atoms with Crippen molar-refractivity contribution in [2.45, 2.75) is 26.3 Å². The Morgan fingerprint density at radius 3 is 2.26 bits per heavy atom. The molecular weight excluding hydrogens is 345 g/mol. The molecular formula is C17H20IN. The van der Waals surface area contributed by atoms with Gasteiger partial charge in [0.25, 0.3) is 0 Å². The summed E-state index contributed by atoms with van der Waals surface area (Å²) in [5, 5.41) is 0. The Morgan fingerprint density at radius 2 is 1.68 bits per heavy atom. The highest BCUT2D eigenvalue weighted by Gasteiger charge is 2.09. The van der Waals surface area contributed by atoms with E-state index in [1.165, 1.54) is 20.3 Å². The Labute approximate surface area is 129 Å². The van der Waals surface area contributed by atoms with Gasteiger partial charge in [0, 0.05) is 3.57 Å². The lowest BCUT2D eigenvalue weighted by molar-refractivity contribution is 0.647. The molecule has 2 heteroatoms. The third-order valence-electron chi connectivity index (χ3n) is 3.19. The summed E-state index contributed by atoms with van der Waals surface area (Å²) < 4.78 is 1.22. The molecule has 1 nitrogen and oxygen atoms in total. The zero-order chi connectivity index (χ0) is 13.8. The lowest BCUT2D eigenvalue weighted by Gasteiger charge is -2.14. The fourth-order valence-electron chi connectivity index (χ4n) is 2.22. The molecule has 0 spiro atoms. The summed E-state index contributed by atoms with van der Waals surface area (Å²) in [5.41, 5.74) is 10.1. The maximum Gasteiger partial charge on any atom is 0.0552 e. The first kappa shape index (κ1) is 14.5. The first-order valence-corrected chi connectivity index (χ1v) is 7.74. The molecule has 2 N–H and O–H groups in total. The topological polar surface area (TPSA) is 26.0 Å². The van der Waals surface area contributed by atoms with Gasteiger partial charge in [0.15, 0.2) is 0 Å². The number of hydrogen-bond acceptors (Lipinski definition) is 1. The predicted octanol–water partition coefficient (Wildman–Crippen LogP) is 4.54. The van der Waals surface area contributed by atoms with Crippen molar-refractivity contribution in [2.24, 2.45) is 11.7 Å². The lowest BCUT2D eigenvalue weighted by Crippen LogP contribution is -2.12. The summed E-state index contributed by atoms with van der Waals surface area (Å²) in [6.07, 6.45) is 1.12. The van der Waals surface area contributed by atoms with E-state index in [-0.39, 0.29) is 6.04 Å². The zero-order valence-corrected chi connectivity index (χ0v) is 13.6. The maximum absolute atomic E-state index is 6.33. The average Bonchev–Trinajstić information content (AvgIpc) is 2.38. The third kappa shape index (κ3) is 4.05. The number of halogens is 1. The van der Waals surface area contributed by atoms with Crippen LogP contribution in [-0.2, 0) is 6.42 Å². The SMILES string of the molecule is CC(C)Cc1ccc(C(N)c2cccc(I)c2)cc1. The van der Waals surface area contributed by atoms with Crippen LogP contribution in [0, 0.1) is 9.49 Å². The molecule has 0 aliphatic rings. The van der Waals surface area contributed by atoms with Gasteiger partial charge in [0.1, 0.15) is 0 Å². The average molecular weight is 365 g/mol. The fourth-order valence-corrected chi connectivity index (χ4v) is 2.79. The number of nitrogens with two attached hydrogens (primary N) is 1. The molecule has 2 aromatic carbocycles. The molecule has 2 rings (SSSR count). The van der Waals surface area contributed by atoms with Gasteiger partial charge < -0.3 is 5.73 Å². The second kappa shape index (κ2) is 6.53. The molecule has 1 atom stereocenters. The quantitative estimate of drug-likeness (QED) is 0.792. The number of benzene rings is 2. The highest BCUT2D eigenvalue weighted by molar-refractivity contribution is 14.1. The van der Waals surface area contributed by atoms with E-state index in [2.05, 4.69) is 85.0 Å². The molecule has 0 aliphatic heterocycles. The van der Waals surface area contributed by atoms with Crippen molar-refractivity contribution in [3.8, 4) is 0 Å². The molecule has 0 saturated heterocycles. The van der Waals surface area contributed by atoms with Gasteiger partial charge in [0.05, 0.1) is 6.04 Å². The van der Waals surface area contributed by atoms with Crippen molar-refractivity contribution < 1.29 is 0 Å². The van der Waals surface area contributed by atoms with E-state index >= 15 is 0 Å². The Kier molecular flexibility index (Phi) is 4.99. The lowest BCUT2D eigenvalue weighted by atomic mass is 9.96. The largest absolute Gasteiger partial charge is 0.320 e.